The van der Waals surface area contributed by atoms with Crippen LogP contribution >= 0.6 is 11.3 Å². The average Bonchev–Trinajstić information content (AvgIpc) is 3.29. The lowest BCUT2D eigenvalue weighted by molar-refractivity contribution is 0.0955. The quantitative estimate of drug-likeness (QED) is 0.598. The first-order valence-corrected chi connectivity index (χ1v) is 8.44. The number of para-hydroxylation sites is 2. The Morgan fingerprint density at radius 2 is 1.88 bits per heavy atom. The van der Waals surface area contributed by atoms with Crippen LogP contribution in [0.3, 0.4) is 0 Å². The second-order valence-electron chi connectivity index (χ2n) is 5.34. The maximum absolute atomic E-state index is 11.9. The second-order valence-corrected chi connectivity index (χ2v) is 6.29. The number of nitrogens with zero attached hydrogens (tertiary/aromatic N) is 1. The van der Waals surface area contributed by atoms with Crippen molar-refractivity contribution in [2.45, 2.75) is 6.54 Å². The predicted octanol–water partition coefficient (Wildman–Crippen LogP) is 4.49. The number of oxazole rings is 1. The Morgan fingerprint density at radius 3 is 2.62 bits per heavy atom. The van der Waals surface area contributed by atoms with Crippen molar-refractivity contribution < 1.29 is 9.21 Å². The van der Waals surface area contributed by atoms with E-state index in [-0.39, 0.29) is 5.91 Å². The zero-order chi connectivity index (χ0) is 16.4. The molecule has 0 aliphatic carbocycles. The predicted molar refractivity (Wildman–Crippen MR) is 94.9 cm³/mol. The molecule has 0 unspecified atom stereocenters. The summed E-state index contributed by atoms with van der Waals surface area (Å²) in [7, 11) is 0. The summed E-state index contributed by atoms with van der Waals surface area (Å²) in [6, 6.07) is 19.2. The molecule has 1 N–H and O–H groups in total. The number of thiophene rings is 1. The van der Waals surface area contributed by atoms with Crippen LogP contribution in [0.5, 0.6) is 0 Å². The molecule has 0 radical (unpaired) electrons. The van der Waals surface area contributed by atoms with Gasteiger partial charge in [0.1, 0.15) is 5.52 Å². The van der Waals surface area contributed by atoms with Crippen LogP contribution < -0.4 is 5.32 Å². The lowest BCUT2D eigenvalue weighted by Crippen LogP contribution is -2.21. The third-order valence-electron chi connectivity index (χ3n) is 3.69. The molecule has 4 aromatic rings. The van der Waals surface area contributed by atoms with Gasteiger partial charge in [-0.25, -0.2) is 4.98 Å². The highest BCUT2D eigenvalue weighted by Crippen LogP contribution is 2.24. The van der Waals surface area contributed by atoms with E-state index in [1.807, 2.05) is 66.0 Å². The van der Waals surface area contributed by atoms with E-state index in [1.165, 1.54) is 11.3 Å². The summed E-state index contributed by atoms with van der Waals surface area (Å²) in [6.45, 7) is 0.491. The lowest BCUT2D eigenvalue weighted by atomic mass is 10.1. The molecule has 2 aromatic carbocycles. The van der Waals surface area contributed by atoms with Crippen LogP contribution in [0.2, 0.25) is 0 Å². The van der Waals surface area contributed by atoms with E-state index < -0.39 is 0 Å². The minimum atomic E-state index is -0.0481. The van der Waals surface area contributed by atoms with Crippen LogP contribution in [0.25, 0.3) is 22.6 Å². The molecular formula is C19H14N2O2S. The van der Waals surface area contributed by atoms with E-state index >= 15 is 0 Å². The number of benzene rings is 2. The van der Waals surface area contributed by atoms with Gasteiger partial charge >= 0.3 is 0 Å². The van der Waals surface area contributed by atoms with Gasteiger partial charge in [-0.05, 0) is 41.3 Å². The molecule has 0 spiro atoms. The number of carbonyl (C=O) groups excluding carboxylic acids is 1. The summed E-state index contributed by atoms with van der Waals surface area (Å²) >= 11 is 1.44. The molecule has 1 amide bonds. The molecule has 5 heteroatoms. The smallest absolute Gasteiger partial charge is 0.261 e. The van der Waals surface area contributed by atoms with Gasteiger partial charge in [0.15, 0.2) is 5.58 Å². The fourth-order valence-corrected chi connectivity index (χ4v) is 3.08. The van der Waals surface area contributed by atoms with E-state index in [0.29, 0.717) is 12.4 Å². The Bertz CT molecular complexity index is 939. The normalized spacial score (nSPS) is 10.8. The highest BCUT2D eigenvalue weighted by Gasteiger charge is 2.08. The van der Waals surface area contributed by atoms with Gasteiger partial charge in [0.05, 0.1) is 4.88 Å². The van der Waals surface area contributed by atoms with Crippen molar-refractivity contribution >= 4 is 28.3 Å². The van der Waals surface area contributed by atoms with Crippen molar-refractivity contribution in [2.75, 3.05) is 0 Å². The number of carbonyl (C=O) groups is 1. The summed E-state index contributed by atoms with van der Waals surface area (Å²) in [5, 5.41) is 4.81. The zero-order valence-corrected chi connectivity index (χ0v) is 13.5. The largest absolute Gasteiger partial charge is 0.436 e. The first kappa shape index (κ1) is 14.7. The molecule has 118 valence electrons. The van der Waals surface area contributed by atoms with Gasteiger partial charge in [0.2, 0.25) is 5.89 Å². The van der Waals surface area contributed by atoms with Crippen molar-refractivity contribution in [1.82, 2.24) is 10.3 Å². The third kappa shape index (κ3) is 2.94. The fraction of sp³-hybridized carbons (Fsp3) is 0.0526. The van der Waals surface area contributed by atoms with Crippen LogP contribution in [0, 0.1) is 0 Å². The Labute approximate surface area is 142 Å². The van der Waals surface area contributed by atoms with Crippen LogP contribution in [0.1, 0.15) is 15.2 Å². The van der Waals surface area contributed by atoms with Crippen LogP contribution in [-0.2, 0) is 6.54 Å². The fourth-order valence-electron chi connectivity index (χ4n) is 2.44. The molecule has 0 bridgehead atoms. The molecule has 0 aliphatic heterocycles. The molecular weight excluding hydrogens is 320 g/mol. The van der Waals surface area contributed by atoms with Crippen molar-refractivity contribution in [3.05, 3.63) is 76.5 Å². The number of rotatable bonds is 4. The molecule has 2 heterocycles. The molecule has 24 heavy (non-hydrogen) atoms. The van der Waals surface area contributed by atoms with Crippen molar-refractivity contribution in [1.29, 1.82) is 0 Å². The first-order valence-electron chi connectivity index (χ1n) is 7.56. The molecule has 0 atom stereocenters. The van der Waals surface area contributed by atoms with E-state index in [0.717, 1.165) is 27.1 Å². The van der Waals surface area contributed by atoms with Gasteiger partial charge in [-0.2, -0.15) is 0 Å². The number of nitrogens with one attached hydrogen (secondary N) is 1. The lowest BCUT2D eigenvalue weighted by Gasteiger charge is -2.04. The number of fused-ring (bicyclic) bond motifs is 1. The third-order valence-corrected chi connectivity index (χ3v) is 4.56. The summed E-state index contributed by atoms with van der Waals surface area (Å²) in [5.74, 6) is 0.554. The SMILES string of the molecule is O=C(NCc1ccc(-c2nc3ccccc3o2)cc1)c1cccs1. The Hall–Kier alpha value is -2.92. The Morgan fingerprint density at radius 1 is 1.04 bits per heavy atom. The van der Waals surface area contributed by atoms with Crippen LogP contribution in [0.4, 0.5) is 0 Å². The highest BCUT2D eigenvalue weighted by molar-refractivity contribution is 7.12. The van der Waals surface area contributed by atoms with Gasteiger partial charge in [-0.15, -0.1) is 11.3 Å². The summed E-state index contributed by atoms with van der Waals surface area (Å²) in [6.07, 6.45) is 0. The minimum Gasteiger partial charge on any atom is -0.436 e. The van der Waals surface area contributed by atoms with E-state index in [2.05, 4.69) is 10.3 Å². The van der Waals surface area contributed by atoms with Crippen molar-refractivity contribution in [3.8, 4) is 11.5 Å². The van der Waals surface area contributed by atoms with Gasteiger partial charge in [0.25, 0.3) is 5.91 Å². The van der Waals surface area contributed by atoms with Gasteiger partial charge in [0, 0.05) is 12.1 Å². The molecule has 2 aromatic heterocycles. The zero-order valence-electron chi connectivity index (χ0n) is 12.7. The monoisotopic (exact) mass is 334 g/mol. The standard InChI is InChI=1S/C19H14N2O2S/c22-18(17-6-3-11-24-17)20-12-13-7-9-14(10-8-13)19-21-15-4-1-2-5-16(15)23-19/h1-11H,12H2,(H,20,22). The summed E-state index contributed by atoms with van der Waals surface area (Å²) in [4.78, 5) is 17.1. The molecule has 4 rings (SSSR count). The molecule has 0 aliphatic rings. The topological polar surface area (TPSA) is 55.1 Å². The van der Waals surface area contributed by atoms with E-state index in [4.69, 9.17) is 4.42 Å². The Balaban J connectivity index is 1.47. The number of amides is 1. The summed E-state index contributed by atoms with van der Waals surface area (Å²) in [5.41, 5.74) is 3.57. The van der Waals surface area contributed by atoms with Gasteiger partial charge < -0.3 is 9.73 Å². The number of hydrogen-bond acceptors (Lipinski definition) is 4. The summed E-state index contributed by atoms with van der Waals surface area (Å²) < 4.78 is 5.76. The second kappa shape index (κ2) is 6.29. The molecule has 0 saturated heterocycles. The number of aromatic nitrogens is 1. The highest BCUT2D eigenvalue weighted by atomic mass is 32.1. The first-order chi connectivity index (χ1) is 11.8. The van der Waals surface area contributed by atoms with Gasteiger partial charge in [-0.3, -0.25) is 4.79 Å². The van der Waals surface area contributed by atoms with Gasteiger partial charge in [-0.1, -0.05) is 30.3 Å². The maximum atomic E-state index is 11.9. The van der Waals surface area contributed by atoms with E-state index in [1.54, 1.807) is 0 Å². The Kier molecular flexibility index (Phi) is 3.84. The number of hydrogen-bond donors (Lipinski definition) is 1. The van der Waals surface area contributed by atoms with Crippen molar-refractivity contribution in [2.24, 2.45) is 0 Å². The van der Waals surface area contributed by atoms with E-state index in [9.17, 15) is 4.79 Å². The molecule has 4 nitrogen and oxygen atoms in total. The maximum Gasteiger partial charge on any atom is 0.261 e. The van der Waals surface area contributed by atoms with Crippen LogP contribution in [-0.4, -0.2) is 10.9 Å². The molecule has 0 saturated carbocycles. The molecule has 0 fully saturated rings. The van der Waals surface area contributed by atoms with Crippen molar-refractivity contribution in [3.63, 3.8) is 0 Å². The van der Waals surface area contributed by atoms with Crippen LogP contribution in [0.15, 0.2) is 70.5 Å². The minimum absolute atomic E-state index is 0.0481. The average molecular weight is 334 g/mol.